The number of nitrogens with zero attached hydrogens (tertiary/aromatic N) is 1. The van der Waals surface area contributed by atoms with Gasteiger partial charge in [0.15, 0.2) is 0 Å². The fraction of sp³-hybridized carbons (Fsp3) is 0.214. The molecule has 284 valence electrons. The summed E-state index contributed by atoms with van der Waals surface area (Å²) < 4.78 is 6.41. The lowest BCUT2D eigenvalue weighted by Gasteiger charge is -2.34. The highest BCUT2D eigenvalue weighted by atomic mass is 16.3. The van der Waals surface area contributed by atoms with Crippen LogP contribution >= 0.6 is 0 Å². The second-order valence-corrected chi connectivity index (χ2v) is 17.4. The van der Waals surface area contributed by atoms with E-state index in [4.69, 9.17) is 4.42 Å². The van der Waals surface area contributed by atoms with Gasteiger partial charge in [-0.15, -0.1) is 0 Å². The first-order chi connectivity index (χ1) is 28.5. The predicted molar refractivity (Wildman–Crippen MR) is 245 cm³/mol. The molecule has 1 aromatic heterocycles. The average molecular weight is 752 g/mol. The fourth-order valence-electron chi connectivity index (χ4n) is 11.2. The molecule has 58 heavy (non-hydrogen) atoms. The van der Waals surface area contributed by atoms with Crippen molar-refractivity contribution in [3.63, 3.8) is 0 Å². The van der Waals surface area contributed by atoms with Crippen LogP contribution in [-0.2, 0) is 5.41 Å². The zero-order chi connectivity index (χ0) is 39.0. The SMILES string of the molecule is CC1CC=C(c2ccccc2N(c2ccc3oc4ccccc4c3c2)c2ccccc2-c2cccc3cccc(C4CCCCC4)c23)C2=C1C(C)(C)c1ccccc12. The van der Waals surface area contributed by atoms with Gasteiger partial charge in [0.1, 0.15) is 11.2 Å². The van der Waals surface area contributed by atoms with Gasteiger partial charge in [-0.25, -0.2) is 0 Å². The molecule has 8 aromatic rings. The number of hydrogen-bond donors (Lipinski definition) is 0. The smallest absolute Gasteiger partial charge is 0.135 e. The average Bonchev–Trinajstić information content (AvgIpc) is 3.76. The Labute approximate surface area is 342 Å². The number of rotatable bonds is 6. The predicted octanol–water partition coefficient (Wildman–Crippen LogP) is 16.1. The van der Waals surface area contributed by atoms with Gasteiger partial charge in [-0.3, -0.25) is 0 Å². The summed E-state index contributed by atoms with van der Waals surface area (Å²) in [4.78, 5) is 2.54. The molecule has 0 radical (unpaired) electrons. The van der Waals surface area contributed by atoms with Crippen molar-refractivity contribution in [2.24, 2.45) is 5.92 Å². The van der Waals surface area contributed by atoms with Crippen molar-refractivity contribution in [3.05, 3.63) is 186 Å². The Balaban J connectivity index is 1.18. The lowest BCUT2D eigenvalue weighted by Crippen LogP contribution is -2.23. The number of allylic oxidation sites excluding steroid dienone is 4. The molecule has 0 saturated heterocycles. The van der Waals surface area contributed by atoms with Crippen LogP contribution in [0.3, 0.4) is 0 Å². The molecule has 0 N–H and O–H groups in total. The van der Waals surface area contributed by atoms with Crippen LogP contribution in [0.4, 0.5) is 17.1 Å². The van der Waals surface area contributed by atoms with Crippen molar-refractivity contribution < 1.29 is 4.42 Å². The van der Waals surface area contributed by atoms with Gasteiger partial charge in [-0.1, -0.05) is 161 Å². The molecule has 2 nitrogen and oxygen atoms in total. The molecule has 7 aromatic carbocycles. The van der Waals surface area contributed by atoms with E-state index in [1.807, 2.05) is 0 Å². The van der Waals surface area contributed by atoms with Crippen molar-refractivity contribution in [3.8, 4) is 11.1 Å². The first kappa shape index (κ1) is 35.1. The topological polar surface area (TPSA) is 16.4 Å². The summed E-state index contributed by atoms with van der Waals surface area (Å²) in [6.45, 7) is 7.28. The van der Waals surface area contributed by atoms with Crippen LogP contribution in [-0.4, -0.2) is 0 Å². The second kappa shape index (κ2) is 13.8. The molecule has 0 aliphatic heterocycles. The molecule has 1 atom stereocenters. The number of furan rings is 1. The third-order valence-electron chi connectivity index (χ3n) is 13.7. The lowest BCUT2D eigenvalue weighted by atomic mass is 9.72. The van der Waals surface area contributed by atoms with E-state index in [2.05, 4.69) is 183 Å². The molecule has 3 aliphatic rings. The van der Waals surface area contributed by atoms with Crippen LogP contribution in [0.25, 0.3) is 55.0 Å². The van der Waals surface area contributed by atoms with E-state index in [-0.39, 0.29) is 5.41 Å². The number of hydrogen-bond acceptors (Lipinski definition) is 2. The highest BCUT2D eigenvalue weighted by Gasteiger charge is 2.42. The minimum Gasteiger partial charge on any atom is -0.456 e. The summed E-state index contributed by atoms with van der Waals surface area (Å²) in [5.74, 6) is 1.05. The summed E-state index contributed by atoms with van der Waals surface area (Å²) in [5.41, 5.74) is 17.6. The van der Waals surface area contributed by atoms with Crippen molar-refractivity contribution in [1.82, 2.24) is 0 Å². The van der Waals surface area contributed by atoms with Gasteiger partial charge in [0.2, 0.25) is 0 Å². The largest absolute Gasteiger partial charge is 0.456 e. The maximum absolute atomic E-state index is 6.41. The molecule has 2 heteroatoms. The van der Waals surface area contributed by atoms with Crippen LogP contribution in [0, 0.1) is 5.92 Å². The third-order valence-corrected chi connectivity index (χ3v) is 13.7. The number of fused-ring (bicyclic) bond motifs is 6. The van der Waals surface area contributed by atoms with E-state index < -0.39 is 0 Å². The maximum Gasteiger partial charge on any atom is 0.135 e. The first-order valence-corrected chi connectivity index (χ1v) is 21.4. The Morgan fingerprint density at radius 1 is 0.586 bits per heavy atom. The molecular formula is C56H49NO. The molecule has 3 aliphatic carbocycles. The van der Waals surface area contributed by atoms with E-state index in [9.17, 15) is 0 Å². The van der Waals surface area contributed by atoms with Gasteiger partial charge >= 0.3 is 0 Å². The monoisotopic (exact) mass is 751 g/mol. The number of anilines is 3. The molecule has 1 heterocycles. The Morgan fingerprint density at radius 2 is 1.24 bits per heavy atom. The van der Waals surface area contributed by atoms with Crippen LogP contribution in [0.1, 0.15) is 87.5 Å². The van der Waals surface area contributed by atoms with Crippen molar-refractivity contribution >= 4 is 60.9 Å². The van der Waals surface area contributed by atoms with E-state index in [1.54, 1.807) is 5.57 Å². The maximum atomic E-state index is 6.41. The Morgan fingerprint density at radius 3 is 2.07 bits per heavy atom. The molecule has 1 unspecified atom stereocenters. The Bertz CT molecular complexity index is 2960. The summed E-state index contributed by atoms with van der Waals surface area (Å²) in [5, 5.41) is 4.98. The van der Waals surface area contributed by atoms with Gasteiger partial charge < -0.3 is 9.32 Å². The van der Waals surface area contributed by atoms with Crippen LogP contribution in [0.2, 0.25) is 0 Å². The molecule has 0 spiro atoms. The van der Waals surface area contributed by atoms with Gasteiger partial charge in [0, 0.05) is 33.0 Å². The molecule has 11 rings (SSSR count). The zero-order valence-electron chi connectivity index (χ0n) is 33.8. The summed E-state index contributed by atoms with van der Waals surface area (Å²) in [6.07, 6.45) is 10.0. The number of benzene rings is 7. The van der Waals surface area contributed by atoms with Gasteiger partial charge in [0.25, 0.3) is 0 Å². The summed E-state index contributed by atoms with van der Waals surface area (Å²) >= 11 is 0. The minimum absolute atomic E-state index is 0.0378. The zero-order valence-corrected chi connectivity index (χ0v) is 33.8. The van der Waals surface area contributed by atoms with Crippen molar-refractivity contribution in [2.75, 3.05) is 4.90 Å². The third kappa shape index (κ3) is 5.45. The highest BCUT2D eigenvalue weighted by Crippen LogP contribution is 2.58. The highest BCUT2D eigenvalue weighted by molar-refractivity contribution is 6.14. The standard InChI is InChI=1S/C56H49NO/c1-36-31-33-45(54-46-24-7-11-27-48(46)56(2,3)55(36)54)42-22-9-13-29-50(42)57(39-32-34-52-47(35-39)43-23-10-14-30-51(43)58-52)49-28-12-8-21-41(49)44-26-16-20-38-19-15-25-40(53(38)44)37-17-5-4-6-18-37/h7-16,19-30,32-37H,4-6,17-18,31H2,1-3H3. The number of para-hydroxylation sites is 3. The van der Waals surface area contributed by atoms with E-state index in [0.717, 1.165) is 34.0 Å². The molecule has 0 amide bonds. The second-order valence-electron chi connectivity index (χ2n) is 17.4. The minimum atomic E-state index is -0.0378. The fourth-order valence-corrected chi connectivity index (χ4v) is 11.2. The van der Waals surface area contributed by atoms with Gasteiger partial charge in [-0.2, -0.15) is 0 Å². The molecular weight excluding hydrogens is 703 g/mol. The van der Waals surface area contributed by atoms with Crippen LogP contribution < -0.4 is 4.90 Å². The van der Waals surface area contributed by atoms with Crippen LogP contribution in [0.15, 0.2) is 168 Å². The Hall–Kier alpha value is -6.12. The van der Waals surface area contributed by atoms with Crippen LogP contribution in [0.5, 0.6) is 0 Å². The van der Waals surface area contributed by atoms with Gasteiger partial charge in [0.05, 0.1) is 11.4 Å². The molecule has 0 bridgehead atoms. The van der Waals surface area contributed by atoms with Crippen molar-refractivity contribution in [1.29, 1.82) is 0 Å². The van der Waals surface area contributed by atoms with E-state index in [1.165, 1.54) is 98.8 Å². The van der Waals surface area contributed by atoms with E-state index in [0.29, 0.717) is 11.8 Å². The van der Waals surface area contributed by atoms with E-state index >= 15 is 0 Å². The lowest BCUT2D eigenvalue weighted by molar-refractivity contribution is 0.445. The van der Waals surface area contributed by atoms with Crippen molar-refractivity contribution in [2.45, 2.75) is 70.6 Å². The molecule has 1 fully saturated rings. The summed E-state index contributed by atoms with van der Waals surface area (Å²) in [7, 11) is 0. The summed E-state index contributed by atoms with van der Waals surface area (Å²) in [6, 6.07) is 56.5. The quantitative estimate of drug-likeness (QED) is 0.168. The van der Waals surface area contributed by atoms with Gasteiger partial charge in [-0.05, 0) is 117 Å². The first-order valence-electron chi connectivity index (χ1n) is 21.4. The Kier molecular flexibility index (Phi) is 8.33. The normalized spacial score (nSPS) is 17.8. The molecule has 1 saturated carbocycles.